The molecule has 0 aromatic heterocycles. The fraction of sp³-hybridized carbons (Fsp3) is 0.263. The van der Waals surface area contributed by atoms with Crippen LogP contribution in [-0.2, 0) is 9.53 Å². The predicted molar refractivity (Wildman–Crippen MR) is 96.1 cm³/mol. The third-order valence-corrected chi connectivity index (χ3v) is 4.21. The van der Waals surface area contributed by atoms with E-state index in [0.717, 1.165) is 0 Å². The van der Waals surface area contributed by atoms with Crippen molar-refractivity contribution in [3.63, 3.8) is 0 Å². The lowest BCUT2D eigenvalue weighted by Crippen LogP contribution is -2.25. The van der Waals surface area contributed by atoms with Crippen molar-refractivity contribution >= 4 is 35.0 Å². The van der Waals surface area contributed by atoms with Crippen LogP contribution in [0, 0.1) is 0 Å². The van der Waals surface area contributed by atoms with Crippen molar-refractivity contribution in [2.24, 2.45) is 0 Å². The summed E-state index contributed by atoms with van der Waals surface area (Å²) < 4.78 is 19.0. The molecule has 0 aliphatic rings. The summed E-state index contributed by atoms with van der Waals surface area (Å²) in [6.45, 7) is 1.68. The Morgan fingerprint density at radius 2 is 1.52 bits per heavy atom. The molecule has 6 heteroatoms. The van der Waals surface area contributed by atoms with Crippen LogP contribution in [0.15, 0.2) is 48.5 Å². The summed E-state index contributed by atoms with van der Waals surface area (Å²) in [4.78, 5) is 24.5. The van der Waals surface area contributed by atoms with Gasteiger partial charge in [-0.1, -0.05) is 35.3 Å². The zero-order chi connectivity index (χ0) is 18.4. The SMILES string of the molecule is CCOC(=O)[C@@H](F)CC(C(=O)c1ccc(Cl)cc1)c1ccc(Cl)cc1. The Kier molecular flexibility index (Phi) is 6.97. The van der Waals surface area contributed by atoms with Crippen molar-refractivity contribution in [1.29, 1.82) is 0 Å². The van der Waals surface area contributed by atoms with Crippen molar-refractivity contribution in [2.45, 2.75) is 25.4 Å². The Hall–Kier alpha value is -1.91. The molecule has 0 spiro atoms. The van der Waals surface area contributed by atoms with E-state index in [4.69, 9.17) is 27.9 Å². The molecule has 0 heterocycles. The third-order valence-electron chi connectivity index (χ3n) is 3.70. The number of hydrogen-bond donors (Lipinski definition) is 0. The highest BCUT2D eigenvalue weighted by Crippen LogP contribution is 2.29. The zero-order valence-electron chi connectivity index (χ0n) is 13.5. The second kappa shape index (κ2) is 8.97. The number of rotatable bonds is 7. The molecule has 2 rings (SSSR count). The molecule has 0 fully saturated rings. The molecular formula is C19H17Cl2FO3. The van der Waals surface area contributed by atoms with Gasteiger partial charge in [0.15, 0.2) is 12.0 Å². The fourth-order valence-corrected chi connectivity index (χ4v) is 2.69. The van der Waals surface area contributed by atoms with Crippen molar-refractivity contribution < 1.29 is 18.7 Å². The molecule has 0 bridgehead atoms. The normalized spacial score (nSPS) is 13.1. The molecule has 25 heavy (non-hydrogen) atoms. The molecule has 0 saturated heterocycles. The molecule has 0 N–H and O–H groups in total. The van der Waals surface area contributed by atoms with E-state index >= 15 is 0 Å². The van der Waals surface area contributed by atoms with Gasteiger partial charge in [-0.25, -0.2) is 9.18 Å². The molecule has 0 radical (unpaired) electrons. The van der Waals surface area contributed by atoms with Gasteiger partial charge < -0.3 is 4.74 Å². The van der Waals surface area contributed by atoms with Crippen LogP contribution in [0.2, 0.25) is 10.0 Å². The molecule has 0 saturated carbocycles. The van der Waals surface area contributed by atoms with E-state index in [1.54, 1.807) is 55.5 Å². The number of ketones is 1. The van der Waals surface area contributed by atoms with Crippen molar-refractivity contribution in [3.05, 3.63) is 69.7 Å². The van der Waals surface area contributed by atoms with Gasteiger partial charge in [0.2, 0.25) is 0 Å². The maximum Gasteiger partial charge on any atom is 0.340 e. The minimum absolute atomic E-state index is 0.0794. The summed E-state index contributed by atoms with van der Waals surface area (Å²) in [5.74, 6) is -2.10. The number of benzene rings is 2. The van der Waals surface area contributed by atoms with E-state index in [-0.39, 0.29) is 18.8 Å². The first-order valence-electron chi connectivity index (χ1n) is 7.78. The van der Waals surface area contributed by atoms with Crippen LogP contribution < -0.4 is 0 Å². The average molecular weight is 383 g/mol. The highest BCUT2D eigenvalue weighted by atomic mass is 35.5. The second-order valence-electron chi connectivity index (χ2n) is 5.43. The Bertz CT molecular complexity index is 729. The van der Waals surface area contributed by atoms with E-state index in [1.807, 2.05) is 0 Å². The second-order valence-corrected chi connectivity index (χ2v) is 6.30. The van der Waals surface area contributed by atoms with Gasteiger partial charge in [0, 0.05) is 22.0 Å². The average Bonchev–Trinajstić information content (AvgIpc) is 2.60. The summed E-state index contributed by atoms with van der Waals surface area (Å²) in [5.41, 5.74) is 0.969. The molecular weight excluding hydrogens is 366 g/mol. The highest BCUT2D eigenvalue weighted by Gasteiger charge is 2.30. The van der Waals surface area contributed by atoms with Crippen molar-refractivity contribution in [1.82, 2.24) is 0 Å². The fourth-order valence-electron chi connectivity index (χ4n) is 2.44. The van der Waals surface area contributed by atoms with Crippen molar-refractivity contribution in [2.75, 3.05) is 6.61 Å². The molecule has 2 atom stereocenters. The maximum absolute atomic E-state index is 14.3. The molecule has 0 amide bonds. The van der Waals surface area contributed by atoms with E-state index in [2.05, 4.69) is 0 Å². The van der Waals surface area contributed by atoms with E-state index < -0.39 is 18.1 Å². The summed E-state index contributed by atoms with van der Waals surface area (Å²) in [5, 5.41) is 0.998. The first kappa shape index (κ1) is 19.4. The maximum atomic E-state index is 14.3. The van der Waals surface area contributed by atoms with Gasteiger partial charge in [0.05, 0.1) is 12.5 Å². The van der Waals surface area contributed by atoms with Gasteiger partial charge in [0.1, 0.15) is 0 Å². The summed E-state index contributed by atoms with van der Waals surface area (Å²) in [6, 6.07) is 12.9. The number of carbonyl (C=O) groups is 2. The van der Waals surface area contributed by atoms with Crippen LogP contribution in [0.5, 0.6) is 0 Å². The Labute approximate surface area is 155 Å². The topological polar surface area (TPSA) is 43.4 Å². The molecule has 3 nitrogen and oxygen atoms in total. The standard InChI is InChI=1S/C19H17Cl2FO3/c1-2-25-19(24)17(22)11-16(12-3-7-14(20)8-4-12)18(23)13-5-9-15(21)10-6-13/h3-10,16-17H,2,11H2,1H3/t16?,17-/m0/s1. The minimum Gasteiger partial charge on any atom is -0.464 e. The van der Waals surface area contributed by atoms with Gasteiger partial charge >= 0.3 is 5.97 Å². The third kappa shape index (κ3) is 5.28. The lowest BCUT2D eigenvalue weighted by atomic mass is 9.86. The lowest BCUT2D eigenvalue weighted by molar-refractivity contribution is -0.149. The Morgan fingerprint density at radius 3 is 2.04 bits per heavy atom. The van der Waals surface area contributed by atoms with E-state index in [9.17, 15) is 14.0 Å². The first-order valence-corrected chi connectivity index (χ1v) is 8.54. The monoisotopic (exact) mass is 382 g/mol. The molecule has 1 unspecified atom stereocenters. The number of halogens is 3. The number of esters is 1. The van der Waals surface area contributed by atoms with E-state index in [1.165, 1.54) is 0 Å². The number of hydrogen-bond acceptors (Lipinski definition) is 3. The molecule has 132 valence electrons. The number of Topliss-reactive ketones (excluding diaryl/α,β-unsaturated/α-hetero) is 1. The quantitative estimate of drug-likeness (QED) is 0.485. The largest absolute Gasteiger partial charge is 0.464 e. The smallest absolute Gasteiger partial charge is 0.340 e. The highest BCUT2D eigenvalue weighted by molar-refractivity contribution is 6.31. The van der Waals surface area contributed by atoms with Crippen LogP contribution in [0.3, 0.4) is 0 Å². The lowest BCUT2D eigenvalue weighted by Gasteiger charge is -2.18. The predicted octanol–water partition coefficient (Wildman–Crippen LogP) is 5.25. The Balaban J connectivity index is 2.31. The van der Waals surface area contributed by atoms with Crippen LogP contribution >= 0.6 is 23.2 Å². The minimum atomic E-state index is -1.89. The molecule has 2 aromatic rings. The van der Waals surface area contributed by atoms with Crippen LogP contribution in [0.1, 0.15) is 35.2 Å². The van der Waals surface area contributed by atoms with Crippen LogP contribution in [0.25, 0.3) is 0 Å². The van der Waals surface area contributed by atoms with E-state index in [0.29, 0.717) is 21.2 Å². The summed E-state index contributed by atoms with van der Waals surface area (Å²) in [6.07, 6.45) is -2.20. The first-order chi connectivity index (χ1) is 11.9. The van der Waals surface area contributed by atoms with Gasteiger partial charge in [-0.3, -0.25) is 4.79 Å². The number of alkyl halides is 1. The van der Waals surface area contributed by atoms with Crippen molar-refractivity contribution in [3.8, 4) is 0 Å². The zero-order valence-corrected chi connectivity index (χ0v) is 15.1. The number of carbonyl (C=O) groups excluding carboxylic acids is 2. The van der Waals surface area contributed by atoms with Gasteiger partial charge in [-0.2, -0.15) is 0 Å². The van der Waals surface area contributed by atoms with Gasteiger partial charge in [-0.05, 0) is 48.9 Å². The summed E-state index contributed by atoms with van der Waals surface area (Å²) >= 11 is 11.7. The van der Waals surface area contributed by atoms with Gasteiger partial charge in [0.25, 0.3) is 0 Å². The number of ether oxygens (including phenoxy) is 1. The van der Waals surface area contributed by atoms with Crippen LogP contribution in [0.4, 0.5) is 4.39 Å². The van der Waals surface area contributed by atoms with Crippen LogP contribution in [-0.4, -0.2) is 24.5 Å². The molecule has 0 aliphatic carbocycles. The molecule has 2 aromatic carbocycles. The Morgan fingerprint density at radius 1 is 1.00 bits per heavy atom. The van der Waals surface area contributed by atoms with Gasteiger partial charge in [-0.15, -0.1) is 0 Å². The summed E-state index contributed by atoms with van der Waals surface area (Å²) in [7, 11) is 0. The molecule has 0 aliphatic heterocycles.